The third kappa shape index (κ3) is 3.17. The molecule has 9 heteroatoms. The van der Waals surface area contributed by atoms with Gasteiger partial charge >= 0.3 is 5.97 Å². The zero-order valence-corrected chi connectivity index (χ0v) is 13.8. The monoisotopic (exact) mass is 385 g/mol. The van der Waals surface area contributed by atoms with E-state index < -0.39 is 40.8 Å². The molecular weight excluding hydrogens is 377 g/mol. The van der Waals surface area contributed by atoms with E-state index in [9.17, 15) is 26.7 Å². The second kappa shape index (κ2) is 6.83. The number of halogens is 5. The van der Waals surface area contributed by atoms with Gasteiger partial charge in [-0.05, 0) is 6.92 Å². The van der Waals surface area contributed by atoms with E-state index in [1.807, 2.05) is 19.1 Å². The Labute approximate surface area is 147 Å². The number of hydrogen-bond acceptors (Lipinski definition) is 4. The van der Waals surface area contributed by atoms with E-state index in [1.165, 1.54) is 5.38 Å². The Morgan fingerprint density at radius 1 is 0.923 bits per heavy atom. The number of rotatable bonds is 3. The highest BCUT2D eigenvalue weighted by molar-refractivity contribution is 7.13. The Morgan fingerprint density at radius 3 is 2.04 bits per heavy atom. The Hall–Kier alpha value is -2.81. The van der Waals surface area contributed by atoms with Crippen molar-refractivity contribution in [2.75, 3.05) is 0 Å². The average Bonchev–Trinajstić information content (AvgIpc) is 3.12. The van der Waals surface area contributed by atoms with E-state index in [1.54, 1.807) is 12.1 Å². The van der Waals surface area contributed by atoms with Gasteiger partial charge in [0.1, 0.15) is 5.01 Å². The topological polar surface area (TPSA) is 39.2 Å². The van der Waals surface area contributed by atoms with Gasteiger partial charge in [-0.15, -0.1) is 11.3 Å². The highest BCUT2D eigenvalue weighted by Crippen LogP contribution is 2.30. The predicted molar refractivity (Wildman–Crippen MR) is 83.5 cm³/mol. The van der Waals surface area contributed by atoms with Crippen molar-refractivity contribution in [3.8, 4) is 16.3 Å². The minimum Gasteiger partial charge on any atom is -0.415 e. The quantitative estimate of drug-likeness (QED) is 0.209. The lowest BCUT2D eigenvalue weighted by Crippen LogP contribution is -2.14. The van der Waals surface area contributed by atoms with Gasteiger partial charge in [0.2, 0.25) is 34.8 Å². The first-order chi connectivity index (χ1) is 12.3. The Balaban J connectivity index is 1.89. The molecule has 134 valence electrons. The first-order valence-electron chi connectivity index (χ1n) is 7.05. The van der Waals surface area contributed by atoms with Gasteiger partial charge in [0.15, 0.2) is 5.69 Å². The van der Waals surface area contributed by atoms with Gasteiger partial charge in [-0.3, -0.25) is 0 Å². The molecule has 0 radical (unpaired) electrons. The minimum atomic E-state index is -2.34. The molecule has 1 aromatic heterocycles. The van der Waals surface area contributed by atoms with Gasteiger partial charge < -0.3 is 4.74 Å². The summed E-state index contributed by atoms with van der Waals surface area (Å²) in [6.07, 6.45) is 0. The van der Waals surface area contributed by atoms with Crippen LogP contribution in [0, 0.1) is 36.0 Å². The molecular formula is C17H8F5NO2S. The Kier molecular flexibility index (Phi) is 4.73. The van der Waals surface area contributed by atoms with E-state index >= 15 is 0 Å². The van der Waals surface area contributed by atoms with Crippen molar-refractivity contribution in [1.29, 1.82) is 0 Å². The lowest BCUT2D eigenvalue weighted by molar-refractivity contribution is 0.0710. The van der Waals surface area contributed by atoms with Gasteiger partial charge in [-0.25, -0.2) is 22.9 Å². The van der Waals surface area contributed by atoms with Crippen LogP contribution >= 0.6 is 11.3 Å². The lowest BCUT2D eigenvalue weighted by Gasteiger charge is -2.07. The lowest BCUT2D eigenvalue weighted by atomic mass is 10.2. The summed E-state index contributed by atoms with van der Waals surface area (Å²) in [6.45, 7) is 1.89. The molecule has 0 atom stereocenters. The number of thiazole rings is 1. The molecule has 3 aromatic rings. The molecule has 0 aliphatic carbocycles. The van der Waals surface area contributed by atoms with Crippen molar-refractivity contribution >= 4 is 17.3 Å². The Bertz CT molecular complexity index is 972. The molecule has 0 saturated heterocycles. The number of esters is 1. The minimum absolute atomic E-state index is 0.325. The first kappa shape index (κ1) is 18.0. The number of hydrogen-bond donors (Lipinski definition) is 0. The third-order valence-electron chi connectivity index (χ3n) is 3.38. The van der Waals surface area contributed by atoms with Gasteiger partial charge in [0.25, 0.3) is 0 Å². The van der Waals surface area contributed by atoms with E-state index in [4.69, 9.17) is 0 Å². The summed E-state index contributed by atoms with van der Waals surface area (Å²) >= 11 is 1.06. The summed E-state index contributed by atoms with van der Waals surface area (Å²) in [5, 5.41) is 1.68. The zero-order chi connectivity index (χ0) is 19.0. The molecule has 0 bridgehead atoms. The van der Waals surface area contributed by atoms with Crippen molar-refractivity contribution in [2.24, 2.45) is 0 Å². The smallest absolute Gasteiger partial charge is 0.363 e. The van der Waals surface area contributed by atoms with Crippen LogP contribution in [-0.2, 0) is 0 Å². The van der Waals surface area contributed by atoms with Gasteiger partial charge in [-0.1, -0.05) is 29.8 Å². The number of carbonyl (C=O) groups excluding carboxylic acids is 1. The standard InChI is InChI=1S/C17H8F5NO2S/c1-7-2-4-8(5-3-7)16-23-9(6-26-16)17(24)25-15-13(21)11(19)10(18)12(20)14(15)22/h2-6H,1H3. The summed E-state index contributed by atoms with van der Waals surface area (Å²) in [7, 11) is 0. The van der Waals surface area contributed by atoms with Crippen LogP contribution in [0.1, 0.15) is 16.1 Å². The van der Waals surface area contributed by atoms with Crippen LogP contribution in [0.5, 0.6) is 5.75 Å². The maximum atomic E-state index is 13.6. The normalized spacial score (nSPS) is 10.8. The summed E-state index contributed by atoms with van der Waals surface area (Å²) in [6, 6.07) is 7.16. The molecule has 3 nitrogen and oxygen atoms in total. The summed E-state index contributed by atoms with van der Waals surface area (Å²) in [4.78, 5) is 15.9. The van der Waals surface area contributed by atoms with Crippen LogP contribution in [-0.4, -0.2) is 11.0 Å². The maximum absolute atomic E-state index is 13.6. The second-order valence-electron chi connectivity index (χ2n) is 5.19. The number of benzene rings is 2. The zero-order valence-electron chi connectivity index (χ0n) is 12.9. The van der Waals surface area contributed by atoms with Gasteiger partial charge in [0, 0.05) is 10.9 Å². The van der Waals surface area contributed by atoms with Crippen molar-refractivity contribution in [1.82, 2.24) is 4.98 Å². The molecule has 26 heavy (non-hydrogen) atoms. The second-order valence-corrected chi connectivity index (χ2v) is 6.05. The number of aryl methyl sites for hydroxylation is 1. The van der Waals surface area contributed by atoms with Crippen molar-refractivity contribution in [3.05, 3.63) is 70.0 Å². The van der Waals surface area contributed by atoms with Gasteiger partial charge in [0.05, 0.1) is 0 Å². The molecule has 0 fully saturated rings. The van der Waals surface area contributed by atoms with Gasteiger partial charge in [-0.2, -0.15) is 8.78 Å². The number of carbonyl (C=O) groups is 1. The van der Waals surface area contributed by atoms with Crippen LogP contribution in [0.4, 0.5) is 22.0 Å². The summed E-state index contributed by atoms with van der Waals surface area (Å²) in [5.74, 6) is -14.2. The van der Waals surface area contributed by atoms with E-state index in [2.05, 4.69) is 9.72 Å². The maximum Gasteiger partial charge on any atom is 0.363 e. The molecule has 0 aliphatic rings. The number of nitrogens with zero attached hydrogens (tertiary/aromatic N) is 1. The molecule has 0 N–H and O–H groups in total. The van der Waals surface area contributed by atoms with E-state index in [0.717, 1.165) is 16.9 Å². The fourth-order valence-corrected chi connectivity index (χ4v) is 2.81. The molecule has 1 heterocycles. The molecule has 0 spiro atoms. The predicted octanol–water partition coefficient (Wildman–Crippen LogP) is 5.03. The summed E-state index contributed by atoms with van der Waals surface area (Å²) < 4.78 is 70.8. The Morgan fingerprint density at radius 2 is 1.46 bits per heavy atom. The fourth-order valence-electron chi connectivity index (χ4n) is 2.02. The van der Waals surface area contributed by atoms with Crippen molar-refractivity contribution < 1.29 is 31.5 Å². The van der Waals surface area contributed by atoms with Crippen molar-refractivity contribution in [3.63, 3.8) is 0 Å². The highest BCUT2D eigenvalue weighted by Gasteiger charge is 2.29. The van der Waals surface area contributed by atoms with Crippen LogP contribution in [0.15, 0.2) is 29.6 Å². The molecule has 2 aromatic carbocycles. The third-order valence-corrected chi connectivity index (χ3v) is 4.27. The average molecular weight is 385 g/mol. The number of ether oxygens (including phenoxy) is 1. The molecule has 0 aliphatic heterocycles. The van der Waals surface area contributed by atoms with Crippen LogP contribution < -0.4 is 4.74 Å². The first-order valence-corrected chi connectivity index (χ1v) is 7.93. The number of aromatic nitrogens is 1. The van der Waals surface area contributed by atoms with Crippen LogP contribution in [0.25, 0.3) is 10.6 Å². The molecule has 3 rings (SSSR count). The van der Waals surface area contributed by atoms with Crippen LogP contribution in [0.3, 0.4) is 0 Å². The largest absolute Gasteiger partial charge is 0.415 e. The molecule has 0 unspecified atom stereocenters. The molecule has 0 amide bonds. The van der Waals surface area contributed by atoms with E-state index in [0.29, 0.717) is 10.6 Å². The van der Waals surface area contributed by atoms with Crippen LogP contribution in [0.2, 0.25) is 0 Å². The van der Waals surface area contributed by atoms with E-state index in [-0.39, 0.29) is 5.69 Å². The SMILES string of the molecule is Cc1ccc(-c2nc(C(=O)Oc3c(F)c(F)c(F)c(F)c3F)cs2)cc1. The highest BCUT2D eigenvalue weighted by atomic mass is 32.1. The summed E-state index contributed by atoms with van der Waals surface area (Å²) in [5.41, 5.74) is 1.38. The fraction of sp³-hybridized carbons (Fsp3) is 0.0588. The van der Waals surface area contributed by atoms with Crippen molar-refractivity contribution in [2.45, 2.75) is 6.92 Å². The molecule has 0 saturated carbocycles.